The topological polar surface area (TPSA) is 32.3 Å². The molecule has 1 saturated heterocycles. The summed E-state index contributed by atoms with van der Waals surface area (Å²) in [6.45, 7) is 4.66. The Kier molecular flexibility index (Phi) is 2.83. The molecule has 1 aliphatic rings. The maximum absolute atomic E-state index is 10.5. The Balaban J connectivity index is 2.07. The molecule has 0 amide bonds. The van der Waals surface area contributed by atoms with Crippen molar-refractivity contribution in [3.8, 4) is 0 Å². The molecule has 3 heteroatoms. The van der Waals surface area contributed by atoms with Gasteiger partial charge in [0.25, 0.3) is 0 Å². The summed E-state index contributed by atoms with van der Waals surface area (Å²) in [4.78, 5) is 10.5. The van der Waals surface area contributed by atoms with Crippen molar-refractivity contribution in [3.63, 3.8) is 0 Å². The molecule has 0 aromatic carbocycles. The molecule has 1 N–H and O–H groups in total. The van der Waals surface area contributed by atoms with Crippen molar-refractivity contribution in [1.29, 1.82) is 0 Å². The van der Waals surface area contributed by atoms with E-state index < -0.39 is 0 Å². The van der Waals surface area contributed by atoms with E-state index in [9.17, 15) is 4.79 Å². The molecule has 1 heterocycles. The lowest BCUT2D eigenvalue weighted by Gasteiger charge is -2.12. The molecule has 0 saturated carbocycles. The molecule has 0 spiro atoms. The van der Waals surface area contributed by atoms with E-state index in [1.165, 1.54) is 6.42 Å². The van der Waals surface area contributed by atoms with Crippen LogP contribution in [0.1, 0.15) is 19.8 Å². The highest BCUT2D eigenvalue weighted by Crippen LogP contribution is 1.96. The van der Waals surface area contributed by atoms with Crippen molar-refractivity contribution >= 4 is 5.78 Å². The van der Waals surface area contributed by atoms with Crippen LogP contribution in [-0.2, 0) is 4.79 Å². The minimum atomic E-state index is 0.272. The van der Waals surface area contributed by atoms with Crippen molar-refractivity contribution < 1.29 is 4.79 Å². The van der Waals surface area contributed by atoms with Crippen LogP contribution in [-0.4, -0.2) is 30.4 Å². The van der Waals surface area contributed by atoms with E-state index >= 15 is 0 Å². The molecule has 58 valence electrons. The Hall–Kier alpha value is -0.410. The number of hydrogen-bond acceptors (Lipinski definition) is 3. The SMILES string of the molecule is CC(=O)CCN1CCCN1. The lowest BCUT2D eigenvalue weighted by Crippen LogP contribution is -2.32. The predicted octanol–water partition coefficient (Wildman–Crippen LogP) is 0.176. The van der Waals surface area contributed by atoms with Gasteiger partial charge in [0.1, 0.15) is 5.78 Å². The standard InChI is InChI=1S/C7H14N2O/c1-7(10)3-6-9-5-2-4-8-9/h8H,2-6H2,1H3. The van der Waals surface area contributed by atoms with E-state index in [1.54, 1.807) is 6.92 Å². The third kappa shape index (κ3) is 2.45. The van der Waals surface area contributed by atoms with E-state index in [4.69, 9.17) is 0 Å². The first-order valence-corrected chi connectivity index (χ1v) is 3.77. The van der Waals surface area contributed by atoms with Gasteiger partial charge in [-0.05, 0) is 13.3 Å². The second kappa shape index (κ2) is 3.68. The summed E-state index contributed by atoms with van der Waals surface area (Å²) in [6.07, 6.45) is 1.88. The molecule has 0 aliphatic carbocycles. The normalized spacial score (nSPS) is 19.7. The summed E-state index contributed by atoms with van der Waals surface area (Å²) < 4.78 is 0. The molecule has 0 aromatic rings. The number of hydrogen-bond donors (Lipinski definition) is 1. The first kappa shape index (κ1) is 7.69. The Morgan fingerprint density at radius 1 is 1.70 bits per heavy atom. The number of carbonyl (C=O) groups excluding carboxylic acids is 1. The number of ketones is 1. The van der Waals surface area contributed by atoms with Crippen molar-refractivity contribution in [1.82, 2.24) is 10.4 Å². The van der Waals surface area contributed by atoms with E-state index in [1.807, 2.05) is 0 Å². The van der Waals surface area contributed by atoms with Crippen LogP contribution in [0.2, 0.25) is 0 Å². The highest BCUT2D eigenvalue weighted by Gasteiger charge is 2.09. The highest BCUT2D eigenvalue weighted by molar-refractivity contribution is 5.75. The number of rotatable bonds is 3. The summed E-state index contributed by atoms with van der Waals surface area (Å²) >= 11 is 0. The van der Waals surface area contributed by atoms with Gasteiger partial charge in [-0.2, -0.15) is 0 Å². The summed E-state index contributed by atoms with van der Waals surface area (Å²) in [7, 11) is 0. The maximum Gasteiger partial charge on any atom is 0.131 e. The minimum absolute atomic E-state index is 0.272. The minimum Gasteiger partial charge on any atom is -0.300 e. The summed E-state index contributed by atoms with van der Waals surface area (Å²) in [5.74, 6) is 0.272. The first-order chi connectivity index (χ1) is 4.79. The van der Waals surface area contributed by atoms with Crippen LogP contribution < -0.4 is 5.43 Å². The van der Waals surface area contributed by atoms with Gasteiger partial charge in [0.05, 0.1) is 0 Å². The Bertz CT molecular complexity index is 119. The molecular formula is C7H14N2O. The van der Waals surface area contributed by atoms with Crippen LogP contribution in [0.25, 0.3) is 0 Å². The molecule has 0 bridgehead atoms. The fraction of sp³-hybridized carbons (Fsp3) is 0.857. The van der Waals surface area contributed by atoms with Gasteiger partial charge < -0.3 is 0 Å². The fourth-order valence-corrected chi connectivity index (χ4v) is 1.07. The molecule has 1 aliphatic heterocycles. The molecule has 0 aromatic heterocycles. The molecule has 3 nitrogen and oxygen atoms in total. The number of nitrogens with one attached hydrogen (secondary N) is 1. The van der Waals surface area contributed by atoms with E-state index in [2.05, 4.69) is 10.4 Å². The van der Waals surface area contributed by atoms with Crippen LogP contribution in [0, 0.1) is 0 Å². The summed E-state index contributed by atoms with van der Waals surface area (Å²) in [6, 6.07) is 0. The van der Waals surface area contributed by atoms with E-state index in [-0.39, 0.29) is 5.78 Å². The zero-order valence-electron chi connectivity index (χ0n) is 6.39. The quantitative estimate of drug-likeness (QED) is 0.610. The molecule has 1 rings (SSSR count). The van der Waals surface area contributed by atoms with E-state index in [0.29, 0.717) is 6.42 Å². The van der Waals surface area contributed by atoms with E-state index in [0.717, 1.165) is 19.6 Å². The average molecular weight is 142 g/mol. The fourth-order valence-electron chi connectivity index (χ4n) is 1.07. The molecular weight excluding hydrogens is 128 g/mol. The molecule has 0 unspecified atom stereocenters. The smallest absolute Gasteiger partial charge is 0.131 e. The van der Waals surface area contributed by atoms with Crippen LogP contribution in [0.5, 0.6) is 0 Å². The molecule has 10 heavy (non-hydrogen) atoms. The molecule has 0 atom stereocenters. The summed E-state index contributed by atoms with van der Waals surface area (Å²) in [5.41, 5.74) is 3.19. The number of hydrazine groups is 1. The van der Waals surface area contributed by atoms with Crippen LogP contribution >= 0.6 is 0 Å². The van der Waals surface area contributed by atoms with Gasteiger partial charge in [0.2, 0.25) is 0 Å². The second-order valence-electron chi connectivity index (χ2n) is 2.70. The number of nitrogens with zero attached hydrogens (tertiary/aromatic N) is 1. The average Bonchev–Trinajstić information content (AvgIpc) is 2.34. The van der Waals surface area contributed by atoms with Crippen LogP contribution in [0.4, 0.5) is 0 Å². The van der Waals surface area contributed by atoms with Crippen molar-refractivity contribution in [2.75, 3.05) is 19.6 Å². The van der Waals surface area contributed by atoms with Crippen molar-refractivity contribution in [2.24, 2.45) is 0 Å². The molecule has 0 radical (unpaired) electrons. The zero-order valence-corrected chi connectivity index (χ0v) is 6.39. The van der Waals surface area contributed by atoms with Gasteiger partial charge in [-0.3, -0.25) is 10.2 Å². The van der Waals surface area contributed by atoms with Gasteiger partial charge in [-0.15, -0.1) is 0 Å². The lowest BCUT2D eigenvalue weighted by atomic mass is 10.3. The Morgan fingerprint density at radius 2 is 2.50 bits per heavy atom. The van der Waals surface area contributed by atoms with Crippen LogP contribution in [0.3, 0.4) is 0 Å². The number of carbonyl (C=O) groups is 1. The molecule has 1 fully saturated rings. The van der Waals surface area contributed by atoms with Gasteiger partial charge in [0.15, 0.2) is 0 Å². The van der Waals surface area contributed by atoms with Gasteiger partial charge >= 0.3 is 0 Å². The number of Topliss-reactive ketones (excluding diaryl/α,β-unsaturated/α-hetero) is 1. The Morgan fingerprint density at radius 3 is 3.00 bits per heavy atom. The zero-order chi connectivity index (χ0) is 7.40. The largest absolute Gasteiger partial charge is 0.300 e. The first-order valence-electron chi connectivity index (χ1n) is 3.77. The lowest BCUT2D eigenvalue weighted by molar-refractivity contribution is -0.117. The summed E-state index contributed by atoms with van der Waals surface area (Å²) in [5, 5.41) is 2.11. The second-order valence-corrected chi connectivity index (χ2v) is 2.70. The predicted molar refractivity (Wildman–Crippen MR) is 39.5 cm³/mol. The third-order valence-electron chi connectivity index (χ3n) is 1.67. The van der Waals surface area contributed by atoms with Gasteiger partial charge in [-0.1, -0.05) is 0 Å². The monoisotopic (exact) mass is 142 g/mol. The van der Waals surface area contributed by atoms with Crippen molar-refractivity contribution in [3.05, 3.63) is 0 Å². The van der Waals surface area contributed by atoms with Crippen LogP contribution in [0.15, 0.2) is 0 Å². The third-order valence-corrected chi connectivity index (χ3v) is 1.67. The van der Waals surface area contributed by atoms with Gasteiger partial charge in [0, 0.05) is 26.1 Å². The van der Waals surface area contributed by atoms with Crippen molar-refractivity contribution in [2.45, 2.75) is 19.8 Å². The Labute approximate surface area is 61.4 Å². The highest BCUT2D eigenvalue weighted by atomic mass is 16.1. The maximum atomic E-state index is 10.5. The van der Waals surface area contributed by atoms with Gasteiger partial charge in [-0.25, -0.2) is 5.01 Å².